The maximum Gasteiger partial charge on any atom is 0.185 e. The minimum atomic E-state index is 0.191. The monoisotopic (exact) mass is 371 g/mol. The molecule has 0 aliphatic rings. The van der Waals surface area contributed by atoms with Crippen molar-refractivity contribution in [3.05, 3.63) is 64.6 Å². The van der Waals surface area contributed by atoms with Crippen LogP contribution in [0, 0.1) is 0 Å². The second kappa shape index (κ2) is 6.51. The minimum absolute atomic E-state index is 0.191. The zero-order valence-corrected chi connectivity index (χ0v) is 15.3. The summed E-state index contributed by atoms with van der Waals surface area (Å²) in [5.74, 6) is 0. The molecule has 24 heavy (non-hydrogen) atoms. The number of nitrogens with zero attached hydrogens (tertiary/aromatic N) is 2. The average molecular weight is 372 g/mol. The highest BCUT2D eigenvalue weighted by molar-refractivity contribution is 7.21. The largest absolute Gasteiger partial charge is 0.354 e. The molecule has 0 radical (unpaired) electrons. The highest BCUT2D eigenvalue weighted by atomic mass is 35.5. The van der Waals surface area contributed by atoms with Gasteiger partial charge in [0.25, 0.3) is 0 Å². The molecule has 0 fully saturated rings. The molecule has 0 aliphatic heterocycles. The molecule has 1 N–H and O–H groups in total. The number of halogens is 1. The van der Waals surface area contributed by atoms with E-state index in [4.69, 9.17) is 11.6 Å². The molecular weight excluding hydrogens is 358 g/mol. The Morgan fingerprint density at radius 2 is 1.88 bits per heavy atom. The van der Waals surface area contributed by atoms with Crippen LogP contribution in [0.1, 0.15) is 17.8 Å². The van der Waals surface area contributed by atoms with Crippen molar-refractivity contribution in [1.29, 1.82) is 0 Å². The van der Waals surface area contributed by atoms with Crippen LogP contribution in [0.5, 0.6) is 0 Å². The first kappa shape index (κ1) is 15.6. The number of thiazole rings is 1. The van der Waals surface area contributed by atoms with E-state index in [2.05, 4.69) is 46.5 Å². The molecule has 3 aromatic heterocycles. The molecule has 0 aliphatic carbocycles. The van der Waals surface area contributed by atoms with Crippen molar-refractivity contribution in [1.82, 2.24) is 9.97 Å². The summed E-state index contributed by atoms with van der Waals surface area (Å²) in [6, 6.07) is 16.4. The lowest BCUT2D eigenvalue weighted by molar-refractivity contribution is 0.905. The van der Waals surface area contributed by atoms with Gasteiger partial charge in [0.05, 0.1) is 6.04 Å². The number of fused-ring (bicyclic) bond motifs is 1. The highest BCUT2D eigenvalue weighted by Crippen LogP contribution is 2.34. The van der Waals surface area contributed by atoms with Crippen LogP contribution in [0.4, 0.5) is 5.13 Å². The number of thiophene rings is 1. The van der Waals surface area contributed by atoms with Gasteiger partial charge >= 0.3 is 0 Å². The number of pyridine rings is 1. The van der Waals surface area contributed by atoms with Crippen LogP contribution in [-0.2, 0) is 0 Å². The smallest absolute Gasteiger partial charge is 0.185 e. The number of benzene rings is 1. The van der Waals surface area contributed by atoms with Crippen LogP contribution >= 0.6 is 34.3 Å². The van der Waals surface area contributed by atoms with E-state index in [0.717, 1.165) is 20.5 Å². The zero-order valence-electron chi connectivity index (χ0n) is 12.9. The summed E-state index contributed by atoms with van der Waals surface area (Å²) in [6.07, 6.45) is 1.80. The Bertz CT molecular complexity index is 942. The van der Waals surface area contributed by atoms with E-state index >= 15 is 0 Å². The number of rotatable bonds is 4. The number of anilines is 1. The molecule has 0 bridgehead atoms. The number of aromatic nitrogens is 2. The Labute approximate surface area is 153 Å². The Kier molecular flexibility index (Phi) is 4.22. The number of hydrogen-bond acceptors (Lipinski definition) is 5. The van der Waals surface area contributed by atoms with E-state index in [-0.39, 0.29) is 6.04 Å². The van der Waals surface area contributed by atoms with Gasteiger partial charge < -0.3 is 5.32 Å². The van der Waals surface area contributed by atoms with Gasteiger partial charge in [-0.25, -0.2) is 9.97 Å². The second-order valence-electron chi connectivity index (χ2n) is 5.42. The van der Waals surface area contributed by atoms with Crippen LogP contribution in [0.15, 0.2) is 54.7 Å². The van der Waals surface area contributed by atoms with Crippen LogP contribution in [0.25, 0.3) is 20.8 Å². The first-order valence-electron chi connectivity index (χ1n) is 7.53. The van der Waals surface area contributed by atoms with Gasteiger partial charge in [0.1, 0.15) is 10.3 Å². The third-order valence-corrected chi connectivity index (χ3v) is 6.17. The molecule has 0 spiro atoms. The fraction of sp³-hybridized carbons (Fsp3) is 0.111. The van der Waals surface area contributed by atoms with Crippen molar-refractivity contribution in [3.8, 4) is 10.4 Å². The average Bonchev–Trinajstić information content (AvgIpc) is 3.21. The lowest BCUT2D eigenvalue weighted by Crippen LogP contribution is -2.03. The highest BCUT2D eigenvalue weighted by Gasteiger charge is 2.12. The number of hydrogen-bond donors (Lipinski definition) is 1. The molecule has 1 unspecified atom stereocenters. The van der Waals surface area contributed by atoms with Crippen molar-refractivity contribution in [2.24, 2.45) is 0 Å². The molecule has 1 atom stereocenters. The SMILES string of the molecule is CC(Nc1nc2cccnc2s1)c1ccc(-c2ccc(Cl)cc2)s1. The van der Waals surface area contributed by atoms with E-state index in [1.165, 1.54) is 15.3 Å². The Balaban J connectivity index is 1.54. The molecule has 4 aromatic rings. The second-order valence-corrected chi connectivity index (χ2v) is 7.95. The lowest BCUT2D eigenvalue weighted by atomic mass is 10.2. The zero-order chi connectivity index (χ0) is 16.5. The van der Waals surface area contributed by atoms with E-state index < -0.39 is 0 Å². The van der Waals surface area contributed by atoms with Crippen molar-refractivity contribution >= 4 is 49.8 Å². The molecule has 6 heteroatoms. The lowest BCUT2D eigenvalue weighted by Gasteiger charge is -2.10. The van der Waals surface area contributed by atoms with Crippen LogP contribution in [-0.4, -0.2) is 9.97 Å². The van der Waals surface area contributed by atoms with Gasteiger partial charge in [-0.15, -0.1) is 11.3 Å². The number of nitrogens with one attached hydrogen (secondary N) is 1. The summed E-state index contributed by atoms with van der Waals surface area (Å²) >= 11 is 9.32. The predicted molar refractivity (Wildman–Crippen MR) is 104 cm³/mol. The van der Waals surface area contributed by atoms with Crippen LogP contribution in [0.3, 0.4) is 0 Å². The minimum Gasteiger partial charge on any atom is -0.354 e. The third-order valence-electron chi connectivity index (χ3n) is 3.69. The summed E-state index contributed by atoms with van der Waals surface area (Å²) in [7, 11) is 0. The predicted octanol–water partition coefficient (Wildman–Crippen LogP) is 6.25. The molecule has 1 aromatic carbocycles. The van der Waals surface area contributed by atoms with E-state index in [1.807, 2.05) is 24.3 Å². The summed E-state index contributed by atoms with van der Waals surface area (Å²) in [6.45, 7) is 2.15. The van der Waals surface area contributed by atoms with Crippen molar-refractivity contribution in [2.45, 2.75) is 13.0 Å². The van der Waals surface area contributed by atoms with E-state index in [0.29, 0.717) is 0 Å². The van der Waals surface area contributed by atoms with Gasteiger partial charge in [-0.05, 0) is 48.9 Å². The first-order chi connectivity index (χ1) is 11.7. The van der Waals surface area contributed by atoms with Gasteiger partial charge in [0.15, 0.2) is 5.13 Å². The van der Waals surface area contributed by atoms with Crippen molar-refractivity contribution in [3.63, 3.8) is 0 Å². The molecule has 4 rings (SSSR count). The quantitative estimate of drug-likeness (QED) is 0.461. The fourth-order valence-electron chi connectivity index (χ4n) is 2.44. The Hall–Kier alpha value is -1.95. The third kappa shape index (κ3) is 3.15. The van der Waals surface area contributed by atoms with Crippen molar-refractivity contribution < 1.29 is 0 Å². The summed E-state index contributed by atoms with van der Waals surface area (Å²) in [5, 5.41) is 5.14. The van der Waals surface area contributed by atoms with Gasteiger partial charge in [0.2, 0.25) is 0 Å². The van der Waals surface area contributed by atoms with Gasteiger partial charge in [-0.2, -0.15) is 0 Å². The van der Waals surface area contributed by atoms with Crippen LogP contribution < -0.4 is 5.32 Å². The van der Waals surface area contributed by atoms with Gasteiger partial charge in [0, 0.05) is 21.0 Å². The Morgan fingerprint density at radius 1 is 1.04 bits per heavy atom. The first-order valence-corrected chi connectivity index (χ1v) is 9.54. The molecule has 0 saturated carbocycles. The normalized spacial score (nSPS) is 12.4. The standard InChI is InChI=1S/C18H14ClN3S2/c1-11(21-18-22-14-3-2-10-20-17(14)24-18)15-8-9-16(23-15)12-4-6-13(19)7-5-12/h2-11H,1H3,(H,21,22). The van der Waals surface area contributed by atoms with E-state index in [9.17, 15) is 0 Å². The maximum absolute atomic E-state index is 5.96. The molecule has 120 valence electrons. The summed E-state index contributed by atoms with van der Waals surface area (Å²) < 4.78 is 0. The van der Waals surface area contributed by atoms with Gasteiger partial charge in [-0.1, -0.05) is 35.1 Å². The maximum atomic E-state index is 5.96. The van der Waals surface area contributed by atoms with E-state index in [1.54, 1.807) is 28.9 Å². The molecule has 3 heterocycles. The topological polar surface area (TPSA) is 37.8 Å². The molecular formula is C18H14ClN3S2. The summed E-state index contributed by atoms with van der Waals surface area (Å²) in [4.78, 5) is 12.4. The summed E-state index contributed by atoms with van der Waals surface area (Å²) in [5.41, 5.74) is 2.12. The molecule has 0 amide bonds. The van der Waals surface area contributed by atoms with Crippen molar-refractivity contribution in [2.75, 3.05) is 5.32 Å². The van der Waals surface area contributed by atoms with Gasteiger partial charge in [-0.3, -0.25) is 0 Å². The fourth-order valence-corrected chi connectivity index (χ4v) is 4.48. The molecule has 0 saturated heterocycles. The van der Waals surface area contributed by atoms with Crippen LogP contribution in [0.2, 0.25) is 5.02 Å². The Morgan fingerprint density at radius 3 is 2.67 bits per heavy atom. The molecule has 3 nitrogen and oxygen atoms in total.